The van der Waals surface area contributed by atoms with Crippen molar-refractivity contribution in [2.75, 3.05) is 6.54 Å². The van der Waals surface area contributed by atoms with Crippen LogP contribution in [0.4, 0.5) is 0 Å². The van der Waals surface area contributed by atoms with Gasteiger partial charge in [0.1, 0.15) is 0 Å². The molecule has 0 N–H and O–H groups in total. The molecule has 2 heterocycles. The van der Waals surface area contributed by atoms with Gasteiger partial charge in [-0.25, -0.2) is 4.98 Å². The summed E-state index contributed by atoms with van der Waals surface area (Å²) in [5.74, 6) is 0.0203. The van der Waals surface area contributed by atoms with Crippen molar-refractivity contribution in [3.63, 3.8) is 0 Å². The van der Waals surface area contributed by atoms with Gasteiger partial charge in [-0.1, -0.05) is 36.4 Å². The minimum atomic E-state index is 0.0203. The number of pyridine rings is 1. The molecule has 0 radical (unpaired) electrons. The zero-order valence-electron chi connectivity index (χ0n) is 14.8. The van der Waals surface area contributed by atoms with E-state index in [4.69, 9.17) is 0 Å². The fourth-order valence-electron chi connectivity index (χ4n) is 3.02. The van der Waals surface area contributed by atoms with Crippen LogP contribution in [0.5, 0.6) is 0 Å². The third kappa shape index (κ3) is 4.20. The number of carbonyl (C=O) groups excluding carboxylic acids is 1. The average molecular weight is 373 g/mol. The fourth-order valence-corrected chi connectivity index (χ4v) is 3.74. The van der Waals surface area contributed by atoms with E-state index in [0.29, 0.717) is 18.7 Å². The molecule has 2 aromatic heterocycles. The van der Waals surface area contributed by atoms with Crippen molar-refractivity contribution in [1.82, 2.24) is 14.9 Å². The minimum absolute atomic E-state index is 0.0203. The Hall–Kier alpha value is -3.05. The van der Waals surface area contributed by atoms with Gasteiger partial charge in [-0.3, -0.25) is 9.78 Å². The molecule has 0 fully saturated rings. The molecule has 0 aliphatic heterocycles. The average Bonchev–Trinajstić information content (AvgIpc) is 3.20. The summed E-state index contributed by atoms with van der Waals surface area (Å²) < 4.78 is 1.03. The van der Waals surface area contributed by atoms with Gasteiger partial charge in [-0.15, -0.1) is 11.3 Å². The lowest BCUT2D eigenvalue weighted by molar-refractivity contribution is 0.0743. The number of amides is 1. The molecule has 0 aliphatic rings. The molecule has 27 heavy (non-hydrogen) atoms. The van der Waals surface area contributed by atoms with Crippen molar-refractivity contribution < 1.29 is 4.79 Å². The molecule has 5 heteroatoms. The Morgan fingerprint density at radius 3 is 2.63 bits per heavy atom. The topological polar surface area (TPSA) is 46.1 Å². The van der Waals surface area contributed by atoms with E-state index in [1.165, 1.54) is 5.56 Å². The largest absolute Gasteiger partial charge is 0.332 e. The van der Waals surface area contributed by atoms with E-state index >= 15 is 0 Å². The molecule has 4 nitrogen and oxygen atoms in total. The first kappa shape index (κ1) is 17.4. The van der Waals surface area contributed by atoms with Crippen molar-refractivity contribution in [2.24, 2.45) is 0 Å². The van der Waals surface area contributed by atoms with Crippen LogP contribution in [0.15, 0.2) is 78.4 Å². The zero-order valence-corrected chi connectivity index (χ0v) is 15.6. The number of hydrogen-bond donors (Lipinski definition) is 0. The summed E-state index contributed by atoms with van der Waals surface area (Å²) in [5, 5.41) is 0. The number of carbonyl (C=O) groups is 1. The summed E-state index contributed by atoms with van der Waals surface area (Å²) in [4.78, 5) is 23.8. The first-order valence-corrected chi connectivity index (χ1v) is 9.74. The van der Waals surface area contributed by atoms with E-state index in [2.05, 4.69) is 22.1 Å². The summed E-state index contributed by atoms with van der Waals surface area (Å²) in [6.07, 6.45) is 2.57. The van der Waals surface area contributed by atoms with E-state index in [1.807, 2.05) is 59.5 Å². The smallest absolute Gasteiger partial charge is 0.254 e. The van der Waals surface area contributed by atoms with Crippen LogP contribution in [0.25, 0.3) is 10.2 Å². The Balaban J connectivity index is 1.58. The SMILES string of the molecule is O=C(c1ccc2ncsc2c1)N(CCc1ccccc1)Cc1ccccn1. The molecular formula is C22H19N3OS. The fraction of sp³-hybridized carbons (Fsp3) is 0.136. The highest BCUT2D eigenvalue weighted by Crippen LogP contribution is 2.20. The van der Waals surface area contributed by atoms with Gasteiger partial charge in [0, 0.05) is 18.3 Å². The van der Waals surface area contributed by atoms with Gasteiger partial charge < -0.3 is 4.90 Å². The van der Waals surface area contributed by atoms with E-state index < -0.39 is 0 Å². The van der Waals surface area contributed by atoms with Gasteiger partial charge in [0.05, 0.1) is 28.0 Å². The molecule has 1 amide bonds. The molecule has 0 aliphatic carbocycles. The van der Waals surface area contributed by atoms with Crippen molar-refractivity contribution in [1.29, 1.82) is 0 Å². The molecule has 4 rings (SSSR count). The van der Waals surface area contributed by atoms with Crippen LogP contribution in [0, 0.1) is 0 Å². The maximum Gasteiger partial charge on any atom is 0.254 e. The Morgan fingerprint density at radius 2 is 1.81 bits per heavy atom. The molecule has 0 saturated heterocycles. The number of nitrogens with zero attached hydrogens (tertiary/aromatic N) is 3. The molecule has 0 saturated carbocycles. The lowest BCUT2D eigenvalue weighted by Crippen LogP contribution is -2.32. The number of rotatable bonds is 6. The highest BCUT2D eigenvalue weighted by molar-refractivity contribution is 7.16. The molecule has 2 aromatic carbocycles. The van der Waals surface area contributed by atoms with Gasteiger partial charge in [0.2, 0.25) is 0 Å². The lowest BCUT2D eigenvalue weighted by Gasteiger charge is -2.22. The summed E-state index contributed by atoms with van der Waals surface area (Å²) in [5.41, 5.74) is 5.53. The second-order valence-corrected chi connectivity index (χ2v) is 7.20. The maximum absolute atomic E-state index is 13.2. The molecule has 0 spiro atoms. The number of aromatic nitrogens is 2. The second kappa shape index (κ2) is 8.10. The van der Waals surface area contributed by atoms with Crippen LogP contribution in [0.2, 0.25) is 0 Å². The maximum atomic E-state index is 13.2. The number of hydrogen-bond acceptors (Lipinski definition) is 4. The van der Waals surface area contributed by atoms with Gasteiger partial charge in [-0.2, -0.15) is 0 Å². The minimum Gasteiger partial charge on any atom is -0.332 e. The summed E-state index contributed by atoms with van der Waals surface area (Å²) in [7, 11) is 0. The Labute approximate surface area is 162 Å². The third-order valence-corrected chi connectivity index (χ3v) is 5.25. The van der Waals surface area contributed by atoms with Crippen LogP contribution in [-0.4, -0.2) is 27.3 Å². The third-order valence-electron chi connectivity index (χ3n) is 4.46. The van der Waals surface area contributed by atoms with Crippen molar-refractivity contribution in [2.45, 2.75) is 13.0 Å². The standard InChI is InChI=1S/C22H19N3OS/c26-22(18-9-10-20-21(14-18)27-16-24-20)25(15-19-8-4-5-12-23-19)13-11-17-6-2-1-3-7-17/h1-10,12,14,16H,11,13,15H2. The van der Waals surface area contributed by atoms with Crippen LogP contribution in [0.3, 0.4) is 0 Å². The van der Waals surface area contributed by atoms with Crippen molar-refractivity contribution in [3.8, 4) is 0 Å². The molecular weight excluding hydrogens is 354 g/mol. The first-order chi connectivity index (χ1) is 13.3. The highest BCUT2D eigenvalue weighted by atomic mass is 32.1. The van der Waals surface area contributed by atoms with E-state index in [9.17, 15) is 4.79 Å². The van der Waals surface area contributed by atoms with Crippen molar-refractivity contribution in [3.05, 3.63) is 95.3 Å². The van der Waals surface area contributed by atoms with Gasteiger partial charge in [-0.05, 0) is 42.3 Å². The van der Waals surface area contributed by atoms with E-state index in [1.54, 1.807) is 23.0 Å². The molecule has 134 valence electrons. The quantitative estimate of drug-likeness (QED) is 0.497. The summed E-state index contributed by atoms with van der Waals surface area (Å²) in [6.45, 7) is 1.13. The Kier molecular flexibility index (Phi) is 5.21. The number of benzene rings is 2. The second-order valence-electron chi connectivity index (χ2n) is 6.32. The number of thiazole rings is 1. The van der Waals surface area contributed by atoms with Crippen LogP contribution < -0.4 is 0 Å². The summed E-state index contributed by atoms with van der Waals surface area (Å²) in [6, 6.07) is 21.7. The number of fused-ring (bicyclic) bond motifs is 1. The van der Waals surface area contributed by atoms with Crippen molar-refractivity contribution >= 4 is 27.5 Å². The highest BCUT2D eigenvalue weighted by Gasteiger charge is 2.17. The normalized spacial score (nSPS) is 10.8. The molecule has 4 aromatic rings. The van der Waals surface area contributed by atoms with Crippen LogP contribution in [0.1, 0.15) is 21.6 Å². The van der Waals surface area contributed by atoms with Crippen LogP contribution in [-0.2, 0) is 13.0 Å². The lowest BCUT2D eigenvalue weighted by atomic mass is 10.1. The molecule has 0 atom stereocenters. The predicted octanol–water partition coefficient (Wildman–Crippen LogP) is 4.58. The molecule has 0 bridgehead atoms. The predicted molar refractivity (Wildman–Crippen MR) is 109 cm³/mol. The first-order valence-electron chi connectivity index (χ1n) is 8.86. The zero-order chi connectivity index (χ0) is 18.5. The Bertz CT molecular complexity index is 1030. The van der Waals surface area contributed by atoms with E-state index in [-0.39, 0.29) is 5.91 Å². The van der Waals surface area contributed by atoms with Crippen LogP contribution >= 0.6 is 11.3 Å². The van der Waals surface area contributed by atoms with Gasteiger partial charge in [0.25, 0.3) is 5.91 Å². The van der Waals surface area contributed by atoms with E-state index in [0.717, 1.165) is 22.3 Å². The monoisotopic (exact) mass is 373 g/mol. The van der Waals surface area contributed by atoms with Gasteiger partial charge in [0.15, 0.2) is 0 Å². The Morgan fingerprint density at radius 1 is 0.963 bits per heavy atom. The molecule has 0 unspecified atom stereocenters. The van der Waals surface area contributed by atoms with Gasteiger partial charge >= 0.3 is 0 Å². The summed E-state index contributed by atoms with van der Waals surface area (Å²) >= 11 is 1.55.